The summed E-state index contributed by atoms with van der Waals surface area (Å²) in [6.45, 7) is 3.78. The van der Waals surface area contributed by atoms with E-state index in [2.05, 4.69) is 10.3 Å². The number of aromatic nitrogens is 1. The fourth-order valence-electron chi connectivity index (χ4n) is 3.04. The molecule has 1 N–H and O–H groups in total. The molecule has 0 atom stereocenters. The van der Waals surface area contributed by atoms with Gasteiger partial charge in [-0.1, -0.05) is 0 Å². The predicted octanol–water partition coefficient (Wildman–Crippen LogP) is 2.51. The number of hydrogen-bond donors (Lipinski definition) is 1. The van der Waals surface area contributed by atoms with Gasteiger partial charge in [0.2, 0.25) is 0 Å². The Morgan fingerprint density at radius 1 is 1.15 bits per heavy atom. The lowest BCUT2D eigenvalue weighted by Gasteiger charge is -2.32. The van der Waals surface area contributed by atoms with Crippen LogP contribution in [0.25, 0.3) is 0 Å². The van der Waals surface area contributed by atoms with Crippen LogP contribution in [0.4, 0.5) is 0 Å². The van der Waals surface area contributed by atoms with Crippen molar-refractivity contribution in [2.24, 2.45) is 0 Å². The number of nitrogens with zero attached hydrogens (tertiary/aromatic N) is 2. The molecule has 1 aliphatic rings. The maximum absolute atomic E-state index is 12.4. The van der Waals surface area contributed by atoms with E-state index in [0.29, 0.717) is 30.8 Å². The SMILES string of the molecule is CCOc1ccc(C(=O)NC2CCN(C(=O)c3cccnc3)CC2)cc1. The molecule has 6 nitrogen and oxygen atoms in total. The minimum atomic E-state index is -0.0925. The molecular weight excluding hydrogens is 330 g/mol. The van der Waals surface area contributed by atoms with Crippen molar-refractivity contribution >= 4 is 11.8 Å². The second-order valence-corrected chi connectivity index (χ2v) is 6.24. The second kappa shape index (κ2) is 8.47. The van der Waals surface area contributed by atoms with Gasteiger partial charge in [0, 0.05) is 37.1 Å². The third-order valence-corrected chi connectivity index (χ3v) is 4.45. The Morgan fingerprint density at radius 2 is 1.88 bits per heavy atom. The first kappa shape index (κ1) is 17.9. The molecular formula is C20H23N3O3. The predicted molar refractivity (Wildman–Crippen MR) is 98.2 cm³/mol. The van der Waals surface area contributed by atoms with Crippen molar-refractivity contribution < 1.29 is 14.3 Å². The largest absolute Gasteiger partial charge is 0.494 e. The van der Waals surface area contributed by atoms with Crippen molar-refractivity contribution in [2.75, 3.05) is 19.7 Å². The van der Waals surface area contributed by atoms with Gasteiger partial charge >= 0.3 is 0 Å². The summed E-state index contributed by atoms with van der Waals surface area (Å²) in [5, 5.41) is 3.06. The first-order chi connectivity index (χ1) is 12.7. The van der Waals surface area contributed by atoms with Gasteiger partial charge in [-0.05, 0) is 56.2 Å². The van der Waals surface area contributed by atoms with E-state index in [1.165, 1.54) is 0 Å². The highest BCUT2D eigenvalue weighted by Gasteiger charge is 2.24. The van der Waals surface area contributed by atoms with Crippen LogP contribution in [0.5, 0.6) is 5.75 Å². The summed E-state index contributed by atoms with van der Waals surface area (Å²) in [7, 11) is 0. The van der Waals surface area contributed by atoms with E-state index >= 15 is 0 Å². The van der Waals surface area contributed by atoms with Crippen molar-refractivity contribution in [2.45, 2.75) is 25.8 Å². The third-order valence-electron chi connectivity index (χ3n) is 4.45. The number of likely N-dealkylation sites (tertiary alicyclic amines) is 1. The van der Waals surface area contributed by atoms with E-state index < -0.39 is 0 Å². The van der Waals surface area contributed by atoms with Crippen LogP contribution < -0.4 is 10.1 Å². The number of rotatable bonds is 5. The zero-order valence-electron chi connectivity index (χ0n) is 14.9. The number of ether oxygens (including phenoxy) is 1. The van der Waals surface area contributed by atoms with E-state index in [1.54, 1.807) is 48.8 Å². The molecule has 2 aromatic rings. The lowest BCUT2D eigenvalue weighted by atomic mass is 10.0. The average molecular weight is 353 g/mol. The van der Waals surface area contributed by atoms with Crippen molar-refractivity contribution in [3.05, 3.63) is 59.9 Å². The molecule has 0 spiro atoms. The highest BCUT2D eigenvalue weighted by Crippen LogP contribution is 2.16. The number of pyridine rings is 1. The standard InChI is InChI=1S/C20H23N3O3/c1-2-26-18-7-5-15(6-8-18)19(24)22-17-9-12-23(13-10-17)20(25)16-4-3-11-21-14-16/h3-8,11,14,17H,2,9-10,12-13H2,1H3,(H,22,24). The van der Waals surface area contributed by atoms with Crippen LogP contribution in [-0.4, -0.2) is 47.4 Å². The lowest BCUT2D eigenvalue weighted by Crippen LogP contribution is -2.46. The van der Waals surface area contributed by atoms with E-state index in [-0.39, 0.29) is 17.9 Å². The van der Waals surface area contributed by atoms with E-state index in [0.717, 1.165) is 18.6 Å². The first-order valence-electron chi connectivity index (χ1n) is 8.90. The van der Waals surface area contributed by atoms with Gasteiger partial charge in [-0.3, -0.25) is 14.6 Å². The fourth-order valence-corrected chi connectivity index (χ4v) is 3.04. The molecule has 1 saturated heterocycles. The summed E-state index contributed by atoms with van der Waals surface area (Å²) in [6, 6.07) is 10.7. The van der Waals surface area contributed by atoms with Crippen LogP contribution in [0.15, 0.2) is 48.8 Å². The van der Waals surface area contributed by atoms with Crippen LogP contribution in [-0.2, 0) is 0 Å². The summed E-state index contributed by atoms with van der Waals surface area (Å²) in [6.07, 6.45) is 4.73. The van der Waals surface area contributed by atoms with Crippen LogP contribution in [0.3, 0.4) is 0 Å². The second-order valence-electron chi connectivity index (χ2n) is 6.24. The lowest BCUT2D eigenvalue weighted by molar-refractivity contribution is 0.0697. The van der Waals surface area contributed by atoms with Crippen molar-refractivity contribution in [3.63, 3.8) is 0 Å². The molecule has 1 aliphatic heterocycles. The first-order valence-corrected chi connectivity index (χ1v) is 8.90. The summed E-state index contributed by atoms with van der Waals surface area (Å²) in [4.78, 5) is 30.6. The molecule has 2 heterocycles. The molecule has 6 heteroatoms. The molecule has 1 fully saturated rings. The molecule has 26 heavy (non-hydrogen) atoms. The summed E-state index contributed by atoms with van der Waals surface area (Å²) in [5.74, 6) is 0.658. The van der Waals surface area contributed by atoms with E-state index in [9.17, 15) is 9.59 Å². The molecule has 2 amide bonds. The molecule has 3 rings (SSSR count). The van der Waals surface area contributed by atoms with Gasteiger partial charge in [0.1, 0.15) is 5.75 Å². The van der Waals surface area contributed by atoms with Gasteiger partial charge in [-0.15, -0.1) is 0 Å². The summed E-state index contributed by atoms with van der Waals surface area (Å²) in [5.41, 5.74) is 1.21. The number of carbonyl (C=O) groups is 2. The fraction of sp³-hybridized carbons (Fsp3) is 0.350. The van der Waals surface area contributed by atoms with Crippen LogP contribution in [0.2, 0.25) is 0 Å². The molecule has 0 bridgehead atoms. The van der Waals surface area contributed by atoms with Gasteiger partial charge < -0.3 is 15.0 Å². The molecule has 0 aliphatic carbocycles. The monoisotopic (exact) mass is 353 g/mol. The zero-order valence-corrected chi connectivity index (χ0v) is 14.9. The summed E-state index contributed by atoms with van der Waals surface area (Å²) < 4.78 is 5.39. The van der Waals surface area contributed by atoms with Crippen molar-refractivity contribution in [3.8, 4) is 5.75 Å². The smallest absolute Gasteiger partial charge is 0.255 e. The normalized spacial score (nSPS) is 14.7. The minimum Gasteiger partial charge on any atom is -0.494 e. The van der Waals surface area contributed by atoms with Crippen LogP contribution in [0.1, 0.15) is 40.5 Å². The molecule has 0 radical (unpaired) electrons. The quantitative estimate of drug-likeness (QED) is 0.897. The minimum absolute atomic E-state index is 0.00519. The van der Waals surface area contributed by atoms with Gasteiger partial charge in [0.15, 0.2) is 0 Å². The molecule has 1 aromatic carbocycles. The Labute approximate surface area is 153 Å². The van der Waals surface area contributed by atoms with Gasteiger partial charge in [0.25, 0.3) is 11.8 Å². The highest BCUT2D eigenvalue weighted by atomic mass is 16.5. The number of hydrogen-bond acceptors (Lipinski definition) is 4. The zero-order chi connectivity index (χ0) is 18.4. The summed E-state index contributed by atoms with van der Waals surface area (Å²) >= 11 is 0. The topological polar surface area (TPSA) is 71.5 Å². The Bertz CT molecular complexity index is 739. The van der Waals surface area contributed by atoms with Crippen LogP contribution in [0, 0.1) is 0 Å². The Hall–Kier alpha value is -2.89. The van der Waals surface area contributed by atoms with E-state index in [4.69, 9.17) is 4.74 Å². The number of carbonyl (C=O) groups excluding carboxylic acids is 2. The average Bonchev–Trinajstić information content (AvgIpc) is 2.69. The maximum atomic E-state index is 12.4. The van der Waals surface area contributed by atoms with Gasteiger partial charge in [0.05, 0.1) is 12.2 Å². The number of nitrogens with one attached hydrogen (secondary N) is 1. The number of piperidine rings is 1. The van der Waals surface area contributed by atoms with Crippen molar-refractivity contribution in [1.82, 2.24) is 15.2 Å². The number of benzene rings is 1. The van der Waals surface area contributed by atoms with Crippen molar-refractivity contribution in [1.29, 1.82) is 0 Å². The Kier molecular flexibility index (Phi) is 5.84. The van der Waals surface area contributed by atoms with Gasteiger partial charge in [-0.2, -0.15) is 0 Å². The highest BCUT2D eigenvalue weighted by molar-refractivity contribution is 5.95. The van der Waals surface area contributed by atoms with Gasteiger partial charge in [-0.25, -0.2) is 0 Å². The van der Waals surface area contributed by atoms with E-state index in [1.807, 2.05) is 11.8 Å². The number of amides is 2. The molecule has 1 aromatic heterocycles. The van der Waals surface area contributed by atoms with Crippen LogP contribution >= 0.6 is 0 Å². The Morgan fingerprint density at radius 3 is 2.50 bits per heavy atom. The molecule has 136 valence electrons. The Balaban J connectivity index is 1.50. The third kappa shape index (κ3) is 4.39. The molecule has 0 saturated carbocycles. The molecule has 0 unspecified atom stereocenters. The maximum Gasteiger partial charge on any atom is 0.255 e.